The summed E-state index contributed by atoms with van der Waals surface area (Å²) in [5.41, 5.74) is 1.71. The summed E-state index contributed by atoms with van der Waals surface area (Å²) in [5.74, 6) is 0.748. The van der Waals surface area contributed by atoms with Crippen LogP contribution in [0.1, 0.15) is 17.1 Å². The van der Waals surface area contributed by atoms with E-state index in [1.54, 1.807) is 18.3 Å². The molecule has 0 fully saturated rings. The monoisotopic (exact) mass is 315 g/mol. The second kappa shape index (κ2) is 6.53. The molecule has 0 amide bonds. The SMILES string of the molecule is Cc1nccc(CNCc2c(Cl)ccc(Cl)c2Cl)n1. The van der Waals surface area contributed by atoms with Gasteiger partial charge in [0.1, 0.15) is 5.82 Å². The van der Waals surface area contributed by atoms with Crippen molar-refractivity contribution in [2.24, 2.45) is 0 Å². The number of hydrogen-bond acceptors (Lipinski definition) is 3. The Hall–Kier alpha value is -0.870. The van der Waals surface area contributed by atoms with Crippen molar-refractivity contribution in [3.05, 3.63) is 56.5 Å². The number of nitrogens with zero attached hydrogens (tertiary/aromatic N) is 2. The largest absolute Gasteiger partial charge is 0.307 e. The van der Waals surface area contributed by atoms with E-state index in [4.69, 9.17) is 34.8 Å². The maximum absolute atomic E-state index is 6.12. The third-order valence-corrected chi connectivity index (χ3v) is 3.78. The number of aromatic nitrogens is 2. The lowest BCUT2D eigenvalue weighted by molar-refractivity contribution is 0.675. The molecule has 2 aromatic rings. The van der Waals surface area contributed by atoms with Gasteiger partial charge in [-0.1, -0.05) is 34.8 Å². The molecule has 0 bridgehead atoms. The molecule has 0 aliphatic rings. The molecule has 0 saturated heterocycles. The summed E-state index contributed by atoms with van der Waals surface area (Å²) in [5, 5.41) is 4.82. The van der Waals surface area contributed by atoms with Crippen LogP contribution in [-0.4, -0.2) is 9.97 Å². The zero-order valence-electron chi connectivity index (χ0n) is 10.3. The fourth-order valence-electron chi connectivity index (χ4n) is 1.65. The number of rotatable bonds is 4. The van der Waals surface area contributed by atoms with Gasteiger partial charge >= 0.3 is 0 Å². The smallest absolute Gasteiger partial charge is 0.125 e. The van der Waals surface area contributed by atoms with Crippen LogP contribution in [-0.2, 0) is 13.1 Å². The normalized spacial score (nSPS) is 10.7. The van der Waals surface area contributed by atoms with Gasteiger partial charge in [-0.05, 0) is 25.1 Å². The summed E-state index contributed by atoms with van der Waals surface area (Å²) < 4.78 is 0. The van der Waals surface area contributed by atoms with E-state index in [1.165, 1.54) is 0 Å². The van der Waals surface area contributed by atoms with Gasteiger partial charge in [-0.3, -0.25) is 0 Å². The van der Waals surface area contributed by atoms with Gasteiger partial charge < -0.3 is 5.32 Å². The van der Waals surface area contributed by atoms with Crippen molar-refractivity contribution in [1.29, 1.82) is 0 Å². The van der Waals surface area contributed by atoms with Gasteiger partial charge in [-0.15, -0.1) is 0 Å². The minimum atomic E-state index is 0.487. The lowest BCUT2D eigenvalue weighted by Gasteiger charge is -2.09. The Bertz CT molecular complexity index is 587. The van der Waals surface area contributed by atoms with Gasteiger partial charge in [-0.2, -0.15) is 0 Å². The topological polar surface area (TPSA) is 37.8 Å². The maximum Gasteiger partial charge on any atom is 0.125 e. The van der Waals surface area contributed by atoms with Crippen molar-refractivity contribution in [2.45, 2.75) is 20.0 Å². The highest BCUT2D eigenvalue weighted by atomic mass is 35.5. The molecular weight excluding hydrogens is 305 g/mol. The van der Waals surface area contributed by atoms with E-state index in [2.05, 4.69) is 15.3 Å². The summed E-state index contributed by atoms with van der Waals surface area (Å²) in [6, 6.07) is 5.28. The van der Waals surface area contributed by atoms with E-state index in [0.717, 1.165) is 17.1 Å². The first-order chi connectivity index (χ1) is 9.08. The van der Waals surface area contributed by atoms with Crippen LogP contribution in [0, 0.1) is 6.92 Å². The molecule has 0 unspecified atom stereocenters. The molecule has 0 aliphatic heterocycles. The highest BCUT2D eigenvalue weighted by Gasteiger charge is 2.09. The van der Waals surface area contributed by atoms with Crippen molar-refractivity contribution in [3.8, 4) is 0 Å². The molecule has 0 radical (unpaired) electrons. The molecule has 100 valence electrons. The van der Waals surface area contributed by atoms with Crippen molar-refractivity contribution >= 4 is 34.8 Å². The summed E-state index contributed by atoms with van der Waals surface area (Å²) in [4.78, 5) is 8.35. The number of aryl methyl sites for hydroxylation is 1. The van der Waals surface area contributed by atoms with Gasteiger partial charge in [0.05, 0.1) is 15.7 Å². The number of nitrogens with one attached hydrogen (secondary N) is 1. The molecule has 6 heteroatoms. The lowest BCUT2D eigenvalue weighted by Crippen LogP contribution is -2.14. The Morgan fingerprint density at radius 3 is 2.53 bits per heavy atom. The molecule has 1 aromatic heterocycles. The maximum atomic E-state index is 6.12. The first-order valence-electron chi connectivity index (χ1n) is 5.69. The average molecular weight is 317 g/mol. The first-order valence-corrected chi connectivity index (χ1v) is 6.83. The van der Waals surface area contributed by atoms with Crippen LogP contribution < -0.4 is 5.32 Å². The van der Waals surface area contributed by atoms with E-state index < -0.39 is 0 Å². The highest BCUT2D eigenvalue weighted by molar-refractivity contribution is 6.44. The number of halogens is 3. The van der Waals surface area contributed by atoms with Gasteiger partial charge in [0.2, 0.25) is 0 Å². The molecule has 0 saturated carbocycles. The van der Waals surface area contributed by atoms with Crippen LogP contribution in [0.5, 0.6) is 0 Å². The minimum Gasteiger partial charge on any atom is -0.307 e. The Balaban J connectivity index is 2.02. The van der Waals surface area contributed by atoms with Crippen LogP contribution in [0.15, 0.2) is 24.4 Å². The highest BCUT2D eigenvalue weighted by Crippen LogP contribution is 2.31. The van der Waals surface area contributed by atoms with E-state index in [-0.39, 0.29) is 0 Å². The van der Waals surface area contributed by atoms with E-state index in [1.807, 2.05) is 13.0 Å². The standard InChI is InChI=1S/C13H12Cl3N3/c1-8-18-5-4-9(19-8)6-17-7-10-11(14)2-3-12(15)13(10)16/h2-5,17H,6-7H2,1H3. The minimum absolute atomic E-state index is 0.487. The van der Waals surface area contributed by atoms with Crippen LogP contribution in [0.25, 0.3) is 0 Å². The van der Waals surface area contributed by atoms with Gasteiger partial charge in [-0.25, -0.2) is 9.97 Å². The zero-order chi connectivity index (χ0) is 13.8. The van der Waals surface area contributed by atoms with Gasteiger partial charge in [0.15, 0.2) is 0 Å². The van der Waals surface area contributed by atoms with Gasteiger partial charge in [0, 0.05) is 29.9 Å². The second-order valence-corrected chi connectivity index (χ2v) is 5.21. The van der Waals surface area contributed by atoms with E-state index in [9.17, 15) is 0 Å². The summed E-state index contributed by atoms with van der Waals surface area (Å²) in [6.45, 7) is 3.00. The Kier molecular flexibility index (Phi) is 4.99. The van der Waals surface area contributed by atoms with Crippen molar-refractivity contribution in [1.82, 2.24) is 15.3 Å². The number of hydrogen-bond donors (Lipinski definition) is 1. The van der Waals surface area contributed by atoms with Crippen LogP contribution in [0.2, 0.25) is 15.1 Å². The predicted octanol–water partition coefficient (Wildman–Crippen LogP) is 4.04. The van der Waals surface area contributed by atoms with Crippen molar-refractivity contribution < 1.29 is 0 Å². The zero-order valence-corrected chi connectivity index (χ0v) is 12.5. The number of benzene rings is 1. The van der Waals surface area contributed by atoms with E-state index in [0.29, 0.717) is 28.2 Å². The molecule has 1 heterocycles. The fourth-order valence-corrected chi connectivity index (χ4v) is 2.33. The average Bonchev–Trinajstić information content (AvgIpc) is 2.38. The third kappa shape index (κ3) is 3.80. The van der Waals surface area contributed by atoms with Crippen molar-refractivity contribution in [2.75, 3.05) is 0 Å². The third-order valence-electron chi connectivity index (χ3n) is 2.58. The molecule has 0 aliphatic carbocycles. The van der Waals surface area contributed by atoms with Crippen LogP contribution in [0.4, 0.5) is 0 Å². The lowest BCUT2D eigenvalue weighted by atomic mass is 10.2. The predicted molar refractivity (Wildman–Crippen MR) is 78.8 cm³/mol. The quantitative estimate of drug-likeness (QED) is 0.865. The van der Waals surface area contributed by atoms with Crippen LogP contribution >= 0.6 is 34.8 Å². The molecule has 1 N–H and O–H groups in total. The summed E-state index contributed by atoms with van der Waals surface area (Å²) in [6.07, 6.45) is 1.73. The van der Waals surface area contributed by atoms with Gasteiger partial charge in [0.25, 0.3) is 0 Å². The molecule has 19 heavy (non-hydrogen) atoms. The summed E-state index contributed by atoms with van der Waals surface area (Å²) in [7, 11) is 0. The molecular formula is C13H12Cl3N3. The van der Waals surface area contributed by atoms with E-state index >= 15 is 0 Å². The molecule has 0 spiro atoms. The molecule has 0 atom stereocenters. The Morgan fingerprint density at radius 2 is 1.79 bits per heavy atom. The second-order valence-electron chi connectivity index (χ2n) is 4.02. The Labute approximate surface area is 126 Å². The molecule has 1 aromatic carbocycles. The molecule has 2 rings (SSSR count). The summed E-state index contributed by atoms with van der Waals surface area (Å²) >= 11 is 18.2. The first kappa shape index (κ1) is 14.5. The fraction of sp³-hybridized carbons (Fsp3) is 0.231. The van der Waals surface area contributed by atoms with Crippen molar-refractivity contribution in [3.63, 3.8) is 0 Å². The van der Waals surface area contributed by atoms with Crippen LogP contribution in [0.3, 0.4) is 0 Å². The Morgan fingerprint density at radius 1 is 1.05 bits per heavy atom. The molecule has 3 nitrogen and oxygen atoms in total.